The highest BCUT2D eigenvalue weighted by molar-refractivity contribution is 5.83. The van der Waals surface area contributed by atoms with Crippen LogP contribution in [-0.2, 0) is 16.1 Å². The van der Waals surface area contributed by atoms with E-state index in [0.29, 0.717) is 18.0 Å². The third-order valence-electron chi connectivity index (χ3n) is 5.79. The van der Waals surface area contributed by atoms with E-state index in [1.807, 2.05) is 32.0 Å². The Labute approximate surface area is 162 Å². The molecule has 2 aliphatic heterocycles. The fourth-order valence-corrected chi connectivity index (χ4v) is 4.31. The second-order valence-electron chi connectivity index (χ2n) is 7.54. The topological polar surface area (TPSA) is 93.9 Å². The fourth-order valence-electron chi connectivity index (χ4n) is 4.31. The van der Waals surface area contributed by atoms with Gasteiger partial charge in [-0.1, -0.05) is 12.1 Å². The number of ether oxygens (including phenoxy) is 2. The van der Waals surface area contributed by atoms with Crippen LogP contribution in [0, 0.1) is 19.3 Å². The summed E-state index contributed by atoms with van der Waals surface area (Å²) in [5.41, 5.74) is 1.35. The molecule has 0 bridgehead atoms. The van der Waals surface area contributed by atoms with Crippen molar-refractivity contribution in [3.63, 3.8) is 0 Å². The van der Waals surface area contributed by atoms with Gasteiger partial charge in [0.05, 0.1) is 12.8 Å². The van der Waals surface area contributed by atoms with Crippen LogP contribution in [0.4, 0.5) is 0 Å². The summed E-state index contributed by atoms with van der Waals surface area (Å²) in [6.45, 7) is 4.30. The molecule has 1 saturated heterocycles. The third-order valence-corrected chi connectivity index (χ3v) is 5.79. The lowest BCUT2D eigenvalue weighted by Gasteiger charge is -2.36. The van der Waals surface area contributed by atoms with Gasteiger partial charge in [0.25, 0.3) is 0 Å². The lowest BCUT2D eigenvalue weighted by atomic mass is 9.73. The Bertz CT molecular complexity index is 953. The van der Waals surface area contributed by atoms with Gasteiger partial charge in [0.1, 0.15) is 18.6 Å². The van der Waals surface area contributed by atoms with Gasteiger partial charge >= 0.3 is 5.97 Å². The van der Waals surface area contributed by atoms with Gasteiger partial charge in [-0.15, -0.1) is 0 Å². The number of methoxy groups -OCH3 is 1. The first kappa shape index (κ1) is 18.3. The molecule has 2 atom stereocenters. The highest BCUT2D eigenvalue weighted by atomic mass is 16.5. The number of nitrogens with zero attached hydrogens (tertiary/aromatic N) is 3. The van der Waals surface area contributed by atoms with Crippen LogP contribution in [0.2, 0.25) is 0 Å². The monoisotopic (exact) mass is 385 g/mol. The minimum Gasteiger partial charge on any atom is -0.493 e. The average molecular weight is 385 g/mol. The highest BCUT2D eigenvalue weighted by Gasteiger charge is 2.57. The summed E-state index contributed by atoms with van der Waals surface area (Å²) in [7, 11) is 1.55. The molecular weight excluding hydrogens is 362 g/mol. The number of aromatic nitrogens is 2. The number of carbonyl (C=O) groups is 2. The zero-order valence-electron chi connectivity index (χ0n) is 16.1. The molecule has 1 amide bonds. The summed E-state index contributed by atoms with van der Waals surface area (Å²) in [6.07, 6.45) is 0. The van der Waals surface area contributed by atoms with E-state index >= 15 is 0 Å². The fraction of sp³-hybridized carbons (Fsp3) is 0.450. The van der Waals surface area contributed by atoms with Crippen LogP contribution in [0.1, 0.15) is 22.9 Å². The van der Waals surface area contributed by atoms with E-state index < -0.39 is 11.4 Å². The summed E-state index contributed by atoms with van der Waals surface area (Å²) in [5.74, 6) is -0.310. The van der Waals surface area contributed by atoms with Crippen molar-refractivity contribution < 1.29 is 24.2 Å². The van der Waals surface area contributed by atoms with E-state index in [9.17, 15) is 14.7 Å². The number of aryl methyl sites for hydroxylation is 2. The van der Waals surface area contributed by atoms with Crippen LogP contribution in [-0.4, -0.2) is 58.5 Å². The lowest BCUT2D eigenvalue weighted by Crippen LogP contribution is -2.46. The van der Waals surface area contributed by atoms with Crippen LogP contribution in [0.5, 0.6) is 11.5 Å². The maximum Gasteiger partial charge on any atom is 0.315 e. The van der Waals surface area contributed by atoms with Crippen LogP contribution >= 0.6 is 0 Å². The molecule has 1 aromatic heterocycles. The summed E-state index contributed by atoms with van der Waals surface area (Å²) in [4.78, 5) is 26.8. The molecule has 0 unspecified atom stereocenters. The van der Waals surface area contributed by atoms with Crippen LogP contribution < -0.4 is 9.47 Å². The number of aliphatic carboxylic acids is 1. The Kier molecular flexibility index (Phi) is 4.28. The van der Waals surface area contributed by atoms with Crippen molar-refractivity contribution in [1.29, 1.82) is 0 Å². The molecule has 8 heteroatoms. The quantitative estimate of drug-likeness (QED) is 0.859. The molecule has 0 radical (unpaired) electrons. The number of hydrogen-bond acceptors (Lipinski definition) is 5. The summed E-state index contributed by atoms with van der Waals surface area (Å²) < 4.78 is 12.8. The second kappa shape index (κ2) is 6.54. The number of amides is 1. The third kappa shape index (κ3) is 2.71. The number of carbonyl (C=O) groups excluding carboxylic acids is 1. The molecule has 0 spiro atoms. The van der Waals surface area contributed by atoms with Gasteiger partial charge in [-0.25, -0.2) is 0 Å². The summed E-state index contributed by atoms with van der Waals surface area (Å²) in [5, 5.41) is 14.4. The van der Waals surface area contributed by atoms with E-state index in [4.69, 9.17) is 9.47 Å². The molecule has 1 N–H and O–H groups in total. The first-order valence-electron chi connectivity index (χ1n) is 9.17. The number of carboxylic acid groups (broad SMARTS) is 1. The van der Waals surface area contributed by atoms with Gasteiger partial charge in [0.2, 0.25) is 5.91 Å². The minimum absolute atomic E-state index is 0.00403. The summed E-state index contributed by atoms with van der Waals surface area (Å²) in [6, 6.07) is 7.37. The first-order valence-corrected chi connectivity index (χ1v) is 9.17. The van der Waals surface area contributed by atoms with E-state index in [2.05, 4.69) is 5.10 Å². The van der Waals surface area contributed by atoms with Crippen molar-refractivity contribution in [2.45, 2.75) is 26.3 Å². The van der Waals surface area contributed by atoms with Gasteiger partial charge in [0, 0.05) is 30.3 Å². The molecule has 0 aliphatic carbocycles. The largest absolute Gasteiger partial charge is 0.493 e. The molecule has 4 rings (SSSR count). The number of hydrogen-bond donors (Lipinski definition) is 1. The Morgan fingerprint density at radius 1 is 1.39 bits per heavy atom. The maximum atomic E-state index is 12.9. The van der Waals surface area contributed by atoms with Crippen molar-refractivity contribution in [2.24, 2.45) is 5.41 Å². The van der Waals surface area contributed by atoms with Crippen LogP contribution in [0.25, 0.3) is 0 Å². The predicted octanol–water partition coefficient (Wildman–Crippen LogP) is 1.60. The maximum absolute atomic E-state index is 12.9. The van der Waals surface area contributed by atoms with Crippen molar-refractivity contribution in [1.82, 2.24) is 14.7 Å². The Morgan fingerprint density at radius 2 is 2.18 bits per heavy atom. The first-order chi connectivity index (χ1) is 13.4. The molecular formula is C20H23N3O5. The number of carboxylic acids is 1. The zero-order valence-corrected chi connectivity index (χ0v) is 16.1. The van der Waals surface area contributed by atoms with Gasteiger partial charge in [-0.05, 0) is 26.0 Å². The Morgan fingerprint density at radius 3 is 2.82 bits per heavy atom. The van der Waals surface area contributed by atoms with Gasteiger partial charge in [0.15, 0.2) is 11.5 Å². The van der Waals surface area contributed by atoms with Crippen molar-refractivity contribution in [3.8, 4) is 11.5 Å². The van der Waals surface area contributed by atoms with E-state index in [1.54, 1.807) is 22.8 Å². The van der Waals surface area contributed by atoms with Crippen molar-refractivity contribution in [3.05, 3.63) is 41.2 Å². The van der Waals surface area contributed by atoms with E-state index in [0.717, 1.165) is 17.0 Å². The predicted molar refractivity (Wildman–Crippen MR) is 99.6 cm³/mol. The van der Waals surface area contributed by atoms with Crippen molar-refractivity contribution >= 4 is 11.9 Å². The van der Waals surface area contributed by atoms with Crippen LogP contribution in [0.15, 0.2) is 24.3 Å². The highest BCUT2D eigenvalue weighted by Crippen LogP contribution is 2.52. The molecule has 148 valence electrons. The molecule has 2 aromatic rings. The molecule has 28 heavy (non-hydrogen) atoms. The standard InChI is InChI=1S/C20H23N3O5/c1-12-7-13(2)23(21-12)9-17(24)22-8-15-14-5-4-6-16(27-3)18(14)28-11-20(15,10-22)19(25)26/h4-7,15H,8-11H2,1-3H3,(H,25,26)/t15-,20-/m0/s1. The average Bonchev–Trinajstić information content (AvgIpc) is 3.22. The number of likely N-dealkylation sites (tertiary alicyclic amines) is 1. The molecule has 3 heterocycles. The molecule has 1 fully saturated rings. The number of benzene rings is 1. The van der Waals surface area contributed by atoms with Crippen LogP contribution in [0.3, 0.4) is 0 Å². The minimum atomic E-state index is -1.16. The van der Waals surface area contributed by atoms with Gasteiger partial charge < -0.3 is 19.5 Å². The molecule has 2 aliphatic rings. The number of fused-ring (bicyclic) bond motifs is 3. The normalized spacial score (nSPS) is 23.0. The summed E-state index contributed by atoms with van der Waals surface area (Å²) >= 11 is 0. The van der Waals surface area contributed by atoms with Crippen molar-refractivity contribution in [2.75, 3.05) is 26.8 Å². The number of rotatable bonds is 4. The zero-order chi connectivity index (χ0) is 20.1. The van der Waals surface area contributed by atoms with E-state index in [1.165, 1.54) is 0 Å². The Balaban J connectivity index is 1.65. The molecule has 1 aromatic carbocycles. The van der Waals surface area contributed by atoms with Gasteiger partial charge in [-0.3, -0.25) is 14.3 Å². The van der Waals surface area contributed by atoms with E-state index in [-0.39, 0.29) is 31.5 Å². The smallest absolute Gasteiger partial charge is 0.315 e. The number of para-hydroxylation sites is 1. The molecule has 8 nitrogen and oxygen atoms in total. The Hall–Kier alpha value is -3.03. The van der Waals surface area contributed by atoms with Gasteiger partial charge in [-0.2, -0.15) is 5.10 Å². The second-order valence-corrected chi connectivity index (χ2v) is 7.54. The SMILES string of the molecule is COc1cccc2c1OC[C@@]1(C(=O)O)CN(C(=O)Cn3nc(C)cc3C)C[C@@H]21. The lowest BCUT2D eigenvalue weighted by molar-refractivity contribution is -0.152. The molecule has 0 saturated carbocycles.